The van der Waals surface area contributed by atoms with Crippen LogP contribution >= 0.6 is 0 Å². The standard InChI is InChI=1S/C8H4F3NO4/c9-5-2-6(12(14)15)7(16-8(10)11)1-4(5)3-13/h1-3,8H. The summed E-state index contributed by atoms with van der Waals surface area (Å²) >= 11 is 0. The molecule has 0 aromatic heterocycles. The van der Waals surface area contributed by atoms with Crippen molar-refractivity contribution in [3.63, 3.8) is 0 Å². The summed E-state index contributed by atoms with van der Waals surface area (Å²) < 4.78 is 40.5. The minimum absolute atomic E-state index is 0.0391. The first-order valence-corrected chi connectivity index (χ1v) is 3.83. The van der Waals surface area contributed by atoms with Gasteiger partial charge in [-0.15, -0.1) is 0 Å². The number of carbonyl (C=O) groups is 1. The number of rotatable bonds is 4. The van der Waals surface area contributed by atoms with Gasteiger partial charge in [-0.25, -0.2) is 4.39 Å². The van der Waals surface area contributed by atoms with Gasteiger partial charge >= 0.3 is 12.3 Å². The van der Waals surface area contributed by atoms with Crippen LogP contribution in [-0.2, 0) is 0 Å². The van der Waals surface area contributed by atoms with Gasteiger partial charge in [0.25, 0.3) is 0 Å². The van der Waals surface area contributed by atoms with Crippen LogP contribution in [0, 0.1) is 15.9 Å². The molecule has 0 atom stereocenters. The second kappa shape index (κ2) is 4.60. The number of aldehydes is 1. The summed E-state index contributed by atoms with van der Waals surface area (Å²) in [5.41, 5.74) is -1.57. The molecule has 1 rings (SSSR count). The van der Waals surface area contributed by atoms with Gasteiger partial charge < -0.3 is 4.74 Å². The number of benzene rings is 1. The third-order valence-corrected chi connectivity index (χ3v) is 1.62. The number of nitrogens with zero attached hydrogens (tertiary/aromatic N) is 1. The quantitative estimate of drug-likeness (QED) is 0.455. The smallest absolute Gasteiger partial charge is 0.387 e. The number of carbonyl (C=O) groups excluding carboxylic acids is 1. The van der Waals surface area contributed by atoms with Crippen molar-refractivity contribution in [1.82, 2.24) is 0 Å². The summed E-state index contributed by atoms with van der Waals surface area (Å²) in [6.45, 7) is -3.30. The van der Waals surface area contributed by atoms with E-state index in [0.29, 0.717) is 12.1 Å². The normalized spacial score (nSPS) is 10.2. The average Bonchev–Trinajstić information content (AvgIpc) is 2.19. The van der Waals surface area contributed by atoms with E-state index in [1.807, 2.05) is 0 Å². The lowest BCUT2D eigenvalue weighted by molar-refractivity contribution is -0.386. The van der Waals surface area contributed by atoms with Gasteiger partial charge in [-0.1, -0.05) is 0 Å². The summed E-state index contributed by atoms with van der Waals surface area (Å²) in [5, 5.41) is 10.4. The van der Waals surface area contributed by atoms with Crippen molar-refractivity contribution in [2.24, 2.45) is 0 Å². The summed E-state index contributed by atoms with van der Waals surface area (Å²) in [6.07, 6.45) is 0.0391. The van der Waals surface area contributed by atoms with E-state index >= 15 is 0 Å². The second-order valence-electron chi connectivity index (χ2n) is 2.59. The van der Waals surface area contributed by atoms with Gasteiger partial charge in [-0.2, -0.15) is 8.78 Å². The Hall–Kier alpha value is -2.12. The van der Waals surface area contributed by atoms with E-state index in [-0.39, 0.29) is 6.29 Å². The number of hydrogen-bond acceptors (Lipinski definition) is 4. The molecule has 0 heterocycles. The SMILES string of the molecule is O=Cc1cc(OC(F)F)c([N+](=O)[O-])cc1F. The number of nitro groups is 1. The molecule has 0 saturated carbocycles. The Morgan fingerprint density at radius 3 is 2.50 bits per heavy atom. The fourth-order valence-corrected chi connectivity index (χ4v) is 0.982. The molecule has 1 aromatic carbocycles. The van der Waals surface area contributed by atoms with Crippen molar-refractivity contribution in [1.29, 1.82) is 0 Å². The topological polar surface area (TPSA) is 69.4 Å². The molecule has 0 aliphatic rings. The van der Waals surface area contributed by atoms with Crippen LogP contribution in [0.3, 0.4) is 0 Å². The molecule has 0 fully saturated rings. The zero-order valence-electron chi connectivity index (χ0n) is 7.52. The van der Waals surface area contributed by atoms with Gasteiger partial charge in [0, 0.05) is 6.07 Å². The lowest BCUT2D eigenvalue weighted by Crippen LogP contribution is -2.06. The van der Waals surface area contributed by atoms with Crippen LogP contribution < -0.4 is 4.74 Å². The minimum atomic E-state index is -3.30. The lowest BCUT2D eigenvalue weighted by atomic mass is 10.2. The molecule has 0 aliphatic heterocycles. The van der Waals surface area contributed by atoms with Gasteiger partial charge in [-0.05, 0) is 0 Å². The van der Waals surface area contributed by atoms with Crippen molar-refractivity contribution < 1.29 is 27.6 Å². The van der Waals surface area contributed by atoms with Gasteiger partial charge in [-0.3, -0.25) is 14.9 Å². The predicted octanol–water partition coefficient (Wildman–Crippen LogP) is 2.15. The zero-order valence-corrected chi connectivity index (χ0v) is 7.52. The maximum absolute atomic E-state index is 12.9. The van der Waals surface area contributed by atoms with E-state index in [9.17, 15) is 28.1 Å². The van der Waals surface area contributed by atoms with Gasteiger partial charge in [0.1, 0.15) is 5.82 Å². The van der Waals surface area contributed by atoms with Crippen molar-refractivity contribution in [2.45, 2.75) is 6.61 Å². The molecule has 0 saturated heterocycles. The molecule has 8 heteroatoms. The van der Waals surface area contributed by atoms with Crippen LogP contribution in [0.25, 0.3) is 0 Å². The molecule has 16 heavy (non-hydrogen) atoms. The number of hydrogen-bond donors (Lipinski definition) is 0. The average molecular weight is 235 g/mol. The van der Waals surface area contributed by atoms with E-state index < -0.39 is 34.4 Å². The first-order valence-electron chi connectivity index (χ1n) is 3.83. The molecule has 0 bridgehead atoms. The molecule has 0 unspecified atom stereocenters. The molecule has 1 aromatic rings. The predicted molar refractivity (Wildman–Crippen MR) is 45.1 cm³/mol. The third-order valence-electron chi connectivity index (χ3n) is 1.62. The van der Waals surface area contributed by atoms with Crippen LogP contribution in [0.15, 0.2) is 12.1 Å². The molecule has 0 spiro atoms. The minimum Gasteiger partial charge on any atom is -0.427 e. The summed E-state index contributed by atoms with van der Waals surface area (Å²) in [5.74, 6) is -2.04. The Morgan fingerprint density at radius 2 is 2.06 bits per heavy atom. The molecule has 0 aliphatic carbocycles. The van der Waals surface area contributed by atoms with E-state index in [4.69, 9.17) is 0 Å². The van der Waals surface area contributed by atoms with Crippen molar-refractivity contribution in [3.05, 3.63) is 33.6 Å². The lowest BCUT2D eigenvalue weighted by Gasteiger charge is -2.05. The molecule has 0 radical (unpaired) electrons. The summed E-state index contributed by atoms with van der Waals surface area (Å²) in [7, 11) is 0. The van der Waals surface area contributed by atoms with E-state index in [0.717, 1.165) is 0 Å². The zero-order chi connectivity index (χ0) is 12.3. The molecule has 0 amide bonds. The summed E-state index contributed by atoms with van der Waals surface area (Å²) in [4.78, 5) is 19.6. The molecular formula is C8H4F3NO4. The van der Waals surface area contributed by atoms with Crippen LogP contribution in [0.5, 0.6) is 5.75 Å². The highest BCUT2D eigenvalue weighted by Gasteiger charge is 2.22. The molecule has 86 valence electrons. The number of ether oxygens (including phenoxy) is 1. The second-order valence-corrected chi connectivity index (χ2v) is 2.59. The van der Waals surface area contributed by atoms with Gasteiger partial charge in [0.05, 0.1) is 16.6 Å². The molecular weight excluding hydrogens is 231 g/mol. The van der Waals surface area contributed by atoms with Crippen LogP contribution in [0.4, 0.5) is 18.9 Å². The Balaban J connectivity index is 3.30. The highest BCUT2D eigenvalue weighted by molar-refractivity contribution is 5.77. The Bertz CT molecular complexity index is 436. The Labute approximate surface area is 86.6 Å². The van der Waals surface area contributed by atoms with Crippen LogP contribution in [-0.4, -0.2) is 17.8 Å². The third kappa shape index (κ3) is 2.47. The van der Waals surface area contributed by atoms with E-state index in [2.05, 4.69) is 4.74 Å². The monoisotopic (exact) mass is 235 g/mol. The Morgan fingerprint density at radius 1 is 1.44 bits per heavy atom. The molecule has 5 nitrogen and oxygen atoms in total. The first-order chi connectivity index (χ1) is 7.45. The van der Waals surface area contributed by atoms with Crippen molar-refractivity contribution >= 4 is 12.0 Å². The first kappa shape index (κ1) is 12.0. The number of nitro benzene ring substituents is 1. The van der Waals surface area contributed by atoms with Crippen LogP contribution in [0.2, 0.25) is 0 Å². The Kier molecular flexibility index (Phi) is 3.44. The van der Waals surface area contributed by atoms with Crippen LogP contribution in [0.1, 0.15) is 10.4 Å². The molecule has 0 N–H and O–H groups in total. The highest BCUT2D eigenvalue weighted by atomic mass is 19.3. The fraction of sp³-hybridized carbons (Fsp3) is 0.125. The van der Waals surface area contributed by atoms with Crippen molar-refractivity contribution in [3.8, 4) is 5.75 Å². The van der Waals surface area contributed by atoms with E-state index in [1.165, 1.54) is 0 Å². The fourth-order valence-electron chi connectivity index (χ4n) is 0.982. The largest absolute Gasteiger partial charge is 0.427 e. The van der Waals surface area contributed by atoms with E-state index in [1.54, 1.807) is 0 Å². The summed E-state index contributed by atoms with van der Waals surface area (Å²) in [6, 6.07) is 0.897. The van der Waals surface area contributed by atoms with Gasteiger partial charge in [0.15, 0.2) is 6.29 Å². The van der Waals surface area contributed by atoms with Gasteiger partial charge in [0.2, 0.25) is 5.75 Å². The maximum Gasteiger partial charge on any atom is 0.387 e. The van der Waals surface area contributed by atoms with Crippen molar-refractivity contribution in [2.75, 3.05) is 0 Å². The number of alkyl halides is 2. The highest BCUT2D eigenvalue weighted by Crippen LogP contribution is 2.30. The maximum atomic E-state index is 12.9. The number of halogens is 3.